The summed E-state index contributed by atoms with van der Waals surface area (Å²) in [6.07, 6.45) is 11.7. The van der Waals surface area contributed by atoms with Gasteiger partial charge in [-0.1, -0.05) is 24.1 Å². The van der Waals surface area contributed by atoms with Crippen LogP contribution in [0.1, 0.15) is 6.42 Å². The van der Waals surface area contributed by atoms with E-state index in [0.717, 1.165) is 12.0 Å². The SMILES string of the molecule is C#CC1=CC=CC(N)C1. The van der Waals surface area contributed by atoms with Crippen molar-refractivity contribution in [2.24, 2.45) is 5.73 Å². The van der Waals surface area contributed by atoms with Crippen molar-refractivity contribution in [1.29, 1.82) is 0 Å². The molecule has 0 aromatic rings. The van der Waals surface area contributed by atoms with E-state index in [9.17, 15) is 0 Å². The van der Waals surface area contributed by atoms with Crippen LogP contribution in [0, 0.1) is 12.3 Å². The highest BCUT2D eigenvalue weighted by Crippen LogP contribution is 2.08. The van der Waals surface area contributed by atoms with E-state index >= 15 is 0 Å². The first-order chi connectivity index (χ1) is 4.33. The van der Waals surface area contributed by atoms with Gasteiger partial charge in [0.1, 0.15) is 0 Å². The molecule has 0 aromatic heterocycles. The molecule has 0 fully saturated rings. The van der Waals surface area contributed by atoms with Gasteiger partial charge in [-0.3, -0.25) is 0 Å². The van der Waals surface area contributed by atoms with Gasteiger partial charge in [0.2, 0.25) is 0 Å². The summed E-state index contributed by atoms with van der Waals surface area (Å²) in [4.78, 5) is 0. The molecular weight excluding hydrogens is 110 g/mol. The molecule has 0 saturated heterocycles. The molecule has 0 amide bonds. The molecule has 0 radical (unpaired) electrons. The van der Waals surface area contributed by atoms with Gasteiger partial charge in [-0.15, -0.1) is 6.42 Å². The Balaban J connectivity index is 2.69. The molecule has 9 heavy (non-hydrogen) atoms. The highest BCUT2D eigenvalue weighted by molar-refractivity contribution is 5.33. The Morgan fingerprint density at radius 1 is 1.78 bits per heavy atom. The number of hydrogen-bond acceptors (Lipinski definition) is 1. The van der Waals surface area contributed by atoms with E-state index in [1.165, 1.54) is 0 Å². The van der Waals surface area contributed by atoms with Gasteiger partial charge in [0.25, 0.3) is 0 Å². The lowest BCUT2D eigenvalue weighted by molar-refractivity contribution is 0.808. The fourth-order valence-electron chi connectivity index (χ4n) is 0.811. The van der Waals surface area contributed by atoms with E-state index in [4.69, 9.17) is 12.2 Å². The molecule has 0 heterocycles. The summed E-state index contributed by atoms with van der Waals surface area (Å²) in [5, 5.41) is 0. The lowest BCUT2D eigenvalue weighted by atomic mass is 10.0. The van der Waals surface area contributed by atoms with Crippen LogP contribution in [0.5, 0.6) is 0 Å². The van der Waals surface area contributed by atoms with Crippen molar-refractivity contribution in [1.82, 2.24) is 0 Å². The maximum absolute atomic E-state index is 5.58. The topological polar surface area (TPSA) is 26.0 Å². The van der Waals surface area contributed by atoms with Crippen molar-refractivity contribution >= 4 is 0 Å². The van der Waals surface area contributed by atoms with Crippen molar-refractivity contribution in [3.63, 3.8) is 0 Å². The van der Waals surface area contributed by atoms with Crippen molar-refractivity contribution in [2.45, 2.75) is 12.5 Å². The van der Waals surface area contributed by atoms with Gasteiger partial charge < -0.3 is 5.73 Å². The van der Waals surface area contributed by atoms with Crippen LogP contribution in [-0.2, 0) is 0 Å². The van der Waals surface area contributed by atoms with E-state index in [0.29, 0.717) is 0 Å². The van der Waals surface area contributed by atoms with Crippen LogP contribution < -0.4 is 5.73 Å². The Hall–Kier alpha value is -1.00. The monoisotopic (exact) mass is 119 g/mol. The Kier molecular flexibility index (Phi) is 1.72. The van der Waals surface area contributed by atoms with E-state index < -0.39 is 0 Å². The Labute approximate surface area is 55.2 Å². The largest absolute Gasteiger partial charge is 0.324 e. The van der Waals surface area contributed by atoms with Crippen LogP contribution in [0.2, 0.25) is 0 Å². The maximum atomic E-state index is 5.58. The summed E-state index contributed by atoms with van der Waals surface area (Å²) in [6.45, 7) is 0. The summed E-state index contributed by atoms with van der Waals surface area (Å²) in [5.74, 6) is 2.56. The lowest BCUT2D eigenvalue weighted by Crippen LogP contribution is -2.18. The van der Waals surface area contributed by atoms with Crippen LogP contribution in [0.3, 0.4) is 0 Å². The van der Waals surface area contributed by atoms with Crippen molar-refractivity contribution < 1.29 is 0 Å². The minimum Gasteiger partial charge on any atom is -0.324 e. The molecule has 1 aliphatic rings. The highest BCUT2D eigenvalue weighted by Gasteiger charge is 2.02. The number of allylic oxidation sites excluding steroid dienone is 2. The van der Waals surface area contributed by atoms with Gasteiger partial charge in [-0.05, 0) is 6.42 Å². The molecule has 0 saturated carbocycles. The average Bonchev–Trinajstić information content (AvgIpc) is 1.88. The van der Waals surface area contributed by atoms with Crippen molar-refractivity contribution in [2.75, 3.05) is 0 Å². The van der Waals surface area contributed by atoms with Gasteiger partial charge in [0.05, 0.1) is 0 Å². The van der Waals surface area contributed by atoms with E-state index in [-0.39, 0.29) is 6.04 Å². The molecule has 46 valence electrons. The number of rotatable bonds is 0. The zero-order valence-electron chi connectivity index (χ0n) is 5.17. The summed E-state index contributed by atoms with van der Waals surface area (Å²) in [6, 6.07) is 0.126. The van der Waals surface area contributed by atoms with Gasteiger partial charge >= 0.3 is 0 Å². The fourth-order valence-corrected chi connectivity index (χ4v) is 0.811. The summed E-state index contributed by atoms with van der Waals surface area (Å²) < 4.78 is 0. The maximum Gasteiger partial charge on any atom is 0.0274 e. The third-order valence-corrected chi connectivity index (χ3v) is 1.30. The fraction of sp³-hybridized carbons (Fsp3) is 0.250. The zero-order chi connectivity index (χ0) is 6.69. The van der Waals surface area contributed by atoms with Crippen LogP contribution in [0.4, 0.5) is 0 Å². The van der Waals surface area contributed by atoms with E-state index in [1.807, 2.05) is 18.2 Å². The van der Waals surface area contributed by atoms with Crippen LogP contribution in [0.25, 0.3) is 0 Å². The molecule has 1 unspecified atom stereocenters. The molecule has 1 atom stereocenters. The van der Waals surface area contributed by atoms with E-state index in [2.05, 4.69) is 5.92 Å². The minimum atomic E-state index is 0.126. The van der Waals surface area contributed by atoms with Crippen LogP contribution in [0.15, 0.2) is 23.8 Å². The Morgan fingerprint density at radius 2 is 2.56 bits per heavy atom. The van der Waals surface area contributed by atoms with Crippen molar-refractivity contribution in [3.8, 4) is 12.3 Å². The van der Waals surface area contributed by atoms with Gasteiger partial charge in [0.15, 0.2) is 0 Å². The predicted octanol–water partition coefficient (Wildman–Crippen LogP) is 0.833. The Morgan fingerprint density at radius 3 is 3.00 bits per heavy atom. The molecule has 1 nitrogen and oxygen atoms in total. The molecular formula is C8H9N. The smallest absolute Gasteiger partial charge is 0.0274 e. The van der Waals surface area contributed by atoms with Crippen LogP contribution >= 0.6 is 0 Å². The predicted molar refractivity (Wildman–Crippen MR) is 38.6 cm³/mol. The van der Waals surface area contributed by atoms with Gasteiger partial charge in [0, 0.05) is 11.6 Å². The molecule has 0 bridgehead atoms. The third-order valence-electron chi connectivity index (χ3n) is 1.30. The first kappa shape index (κ1) is 6.12. The minimum absolute atomic E-state index is 0.126. The van der Waals surface area contributed by atoms with Gasteiger partial charge in [-0.2, -0.15) is 0 Å². The summed E-state index contributed by atoms with van der Waals surface area (Å²) in [5.41, 5.74) is 6.57. The number of nitrogens with two attached hydrogens (primary N) is 1. The summed E-state index contributed by atoms with van der Waals surface area (Å²) in [7, 11) is 0. The Bertz CT molecular complexity index is 193. The number of hydrogen-bond donors (Lipinski definition) is 1. The standard InChI is InChI=1S/C8H9N/c1-2-7-4-3-5-8(9)6-7/h1,3-5,8H,6,9H2. The zero-order valence-corrected chi connectivity index (χ0v) is 5.17. The molecule has 1 rings (SSSR count). The molecule has 1 heteroatoms. The average molecular weight is 119 g/mol. The van der Waals surface area contributed by atoms with Gasteiger partial charge in [-0.25, -0.2) is 0 Å². The second-order valence-corrected chi connectivity index (χ2v) is 2.09. The molecule has 0 spiro atoms. The molecule has 0 aliphatic heterocycles. The van der Waals surface area contributed by atoms with Crippen molar-refractivity contribution in [3.05, 3.63) is 23.8 Å². The molecule has 2 N–H and O–H groups in total. The van der Waals surface area contributed by atoms with E-state index in [1.54, 1.807) is 0 Å². The quantitative estimate of drug-likeness (QED) is 0.470. The highest BCUT2D eigenvalue weighted by atomic mass is 14.6. The molecule has 1 aliphatic carbocycles. The first-order valence-electron chi connectivity index (χ1n) is 2.92. The second kappa shape index (κ2) is 2.52. The molecule has 0 aromatic carbocycles. The van der Waals surface area contributed by atoms with Crippen LogP contribution in [-0.4, -0.2) is 6.04 Å². The first-order valence-corrected chi connectivity index (χ1v) is 2.92. The normalized spacial score (nSPS) is 24.9. The lowest BCUT2D eigenvalue weighted by Gasteiger charge is -2.08. The summed E-state index contributed by atoms with van der Waals surface area (Å²) >= 11 is 0. The number of terminal acetylenes is 1. The third kappa shape index (κ3) is 1.45. The second-order valence-electron chi connectivity index (χ2n) is 2.09.